The summed E-state index contributed by atoms with van der Waals surface area (Å²) in [5.41, 5.74) is -0.769. The highest BCUT2D eigenvalue weighted by atomic mass is 35.5. The topological polar surface area (TPSA) is 29.5 Å². The molecule has 1 unspecified atom stereocenters. The van der Waals surface area contributed by atoms with Crippen LogP contribution in [-0.4, -0.2) is 23.9 Å². The standard InChI is InChI=1S/C6H12ClO2/c1-2-4-9-5-3-6(7)8/h6,8H,1-5H2. The molecule has 0 aromatic rings. The highest BCUT2D eigenvalue weighted by Gasteiger charge is 1.95. The van der Waals surface area contributed by atoms with Crippen LogP contribution in [0.1, 0.15) is 12.8 Å². The fourth-order valence-corrected chi connectivity index (χ4v) is 0.474. The minimum absolute atomic E-state index is 0.488. The van der Waals surface area contributed by atoms with E-state index in [-0.39, 0.29) is 0 Å². The van der Waals surface area contributed by atoms with E-state index in [1.54, 1.807) is 0 Å². The predicted molar refractivity (Wildman–Crippen MR) is 37.3 cm³/mol. The number of hydrogen-bond donors (Lipinski definition) is 1. The lowest BCUT2D eigenvalue weighted by Crippen LogP contribution is -2.03. The number of alkyl halides is 1. The third-order valence-corrected chi connectivity index (χ3v) is 1.01. The number of ether oxygens (including phenoxy) is 1. The van der Waals surface area contributed by atoms with Gasteiger partial charge in [-0.05, 0) is 6.42 Å². The van der Waals surface area contributed by atoms with Gasteiger partial charge in [-0.15, -0.1) is 0 Å². The molecular weight excluding hydrogens is 140 g/mol. The Morgan fingerprint density at radius 2 is 2.22 bits per heavy atom. The second kappa shape index (κ2) is 6.33. The molecule has 0 spiro atoms. The Kier molecular flexibility index (Phi) is 6.48. The maximum absolute atomic E-state index is 8.52. The lowest BCUT2D eigenvalue weighted by Gasteiger charge is -2.01. The lowest BCUT2D eigenvalue weighted by molar-refractivity contribution is 0.110. The molecule has 0 aromatic carbocycles. The molecule has 0 saturated heterocycles. The van der Waals surface area contributed by atoms with Crippen LogP contribution in [0.15, 0.2) is 0 Å². The molecular formula is C6H12ClO2. The molecule has 0 amide bonds. The first kappa shape index (κ1) is 9.21. The normalized spacial score (nSPS) is 13.7. The summed E-state index contributed by atoms with van der Waals surface area (Å²) in [6.45, 7) is 4.74. The number of halogens is 1. The number of rotatable bonds is 5. The van der Waals surface area contributed by atoms with E-state index < -0.39 is 5.56 Å². The lowest BCUT2D eigenvalue weighted by atomic mass is 10.5. The Labute approximate surface area is 60.8 Å². The summed E-state index contributed by atoms with van der Waals surface area (Å²) in [4.78, 5) is 0. The van der Waals surface area contributed by atoms with Crippen molar-refractivity contribution in [3.8, 4) is 0 Å². The van der Waals surface area contributed by atoms with Crippen LogP contribution < -0.4 is 0 Å². The number of aliphatic hydroxyl groups is 1. The Bertz CT molecular complexity index is 57.0. The fraction of sp³-hybridized carbons (Fsp3) is 0.833. The molecule has 1 atom stereocenters. The molecule has 3 heteroatoms. The van der Waals surface area contributed by atoms with Gasteiger partial charge in [-0.2, -0.15) is 0 Å². The van der Waals surface area contributed by atoms with Crippen LogP contribution in [0.5, 0.6) is 0 Å². The van der Waals surface area contributed by atoms with E-state index in [9.17, 15) is 0 Å². The van der Waals surface area contributed by atoms with Gasteiger partial charge in [0, 0.05) is 13.0 Å². The van der Waals surface area contributed by atoms with Crippen LogP contribution in [0, 0.1) is 6.92 Å². The molecule has 0 aliphatic rings. The quantitative estimate of drug-likeness (QED) is 0.472. The minimum Gasteiger partial charge on any atom is -0.381 e. The van der Waals surface area contributed by atoms with E-state index >= 15 is 0 Å². The SMILES string of the molecule is [CH2]CCOCCC(O)Cl. The molecule has 0 bridgehead atoms. The zero-order chi connectivity index (χ0) is 7.11. The van der Waals surface area contributed by atoms with Gasteiger partial charge < -0.3 is 9.84 Å². The van der Waals surface area contributed by atoms with E-state index in [1.165, 1.54) is 0 Å². The first-order valence-electron chi connectivity index (χ1n) is 2.96. The van der Waals surface area contributed by atoms with Gasteiger partial charge in [0.15, 0.2) is 0 Å². The Balaban J connectivity index is 2.75. The molecule has 0 aliphatic carbocycles. The van der Waals surface area contributed by atoms with Crippen LogP contribution in [0.2, 0.25) is 0 Å². The summed E-state index contributed by atoms with van der Waals surface area (Å²) >= 11 is 5.22. The molecule has 2 nitrogen and oxygen atoms in total. The van der Waals surface area contributed by atoms with Gasteiger partial charge in [-0.3, -0.25) is 0 Å². The third kappa shape index (κ3) is 8.21. The number of aliphatic hydroxyl groups excluding tert-OH is 1. The average molecular weight is 152 g/mol. The summed E-state index contributed by atoms with van der Waals surface area (Å²) in [5, 5.41) is 8.52. The van der Waals surface area contributed by atoms with Crippen molar-refractivity contribution in [3.05, 3.63) is 6.92 Å². The Hall–Kier alpha value is 0.210. The van der Waals surface area contributed by atoms with Crippen molar-refractivity contribution in [2.45, 2.75) is 18.4 Å². The molecule has 0 rings (SSSR count). The molecule has 0 saturated carbocycles. The van der Waals surface area contributed by atoms with Crippen LogP contribution >= 0.6 is 11.6 Å². The first-order valence-corrected chi connectivity index (χ1v) is 3.40. The zero-order valence-corrected chi connectivity index (χ0v) is 6.10. The van der Waals surface area contributed by atoms with Crippen molar-refractivity contribution in [2.75, 3.05) is 13.2 Å². The van der Waals surface area contributed by atoms with Crippen LogP contribution in [-0.2, 0) is 4.74 Å². The first-order chi connectivity index (χ1) is 4.27. The van der Waals surface area contributed by atoms with E-state index in [0.29, 0.717) is 19.6 Å². The van der Waals surface area contributed by atoms with Crippen molar-refractivity contribution < 1.29 is 9.84 Å². The minimum atomic E-state index is -0.769. The smallest absolute Gasteiger partial charge is 0.130 e. The van der Waals surface area contributed by atoms with Crippen LogP contribution in [0.3, 0.4) is 0 Å². The van der Waals surface area contributed by atoms with Crippen LogP contribution in [0.4, 0.5) is 0 Å². The van der Waals surface area contributed by atoms with E-state index in [2.05, 4.69) is 6.92 Å². The van der Waals surface area contributed by atoms with Crippen molar-refractivity contribution in [2.24, 2.45) is 0 Å². The molecule has 55 valence electrons. The maximum Gasteiger partial charge on any atom is 0.130 e. The Morgan fingerprint density at radius 3 is 2.67 bits per heavy atom. The second-order valence-electron chi connectivity index (χ2n) is 1.69. The average Bonchev–Trinajstić information content (AvgIpc) is 1.80. The summed E-state index contributed by atoms with van der Waals surface area (Å²) in [6, 6.07) is 0. The van der Waals surface area contributed by atoms with E-state index in [0.717, 1.165) is 6.42 Å². The zero-order valence-electron chi connectivity index (χ0n) is 5.35. The summed E-state index contributed by atoms with van der Waals surface area (Å²) in [7, 11) is 0. The third-order valence-electron chi connectivity index (χ3n) is 0.789. The van der Waals surface area contributed by atoms with E-state index in [1.807, 2.05) is 0 Å². The second-order valence-corrected chi connectivity index (χ2v) is 2.19. The molecule has 1 radical (unpaired) electrons. The van der Waals surface area contributed by atoms with Gasteiger partial charge in [-0.1, -0.05) is 18.5 Å². The highest BCUT2D eigenvalue weighted by Crippen LogP contribution is 1.96. The number of hydrogen-bond acceptors (Lipinski definition) is 2. The molecule has 0 aromatic heterocycles. The predicted octanol–water partition coefficient (Wildman–Crippen LogP) is 1.17. The van der Waals surface area contributed by atoms with E-state index in [4.69, 9.17) is 21.4 Å². The van der Waals surface area contributed by atoms with Gasteiger partial charge in [0.05, 0.1) is 6.61 Å². The molecule has 0 heterocycles. The largest absolute Gasteiger partial charge is 0.381 e. The summed E-state index contributed by atoms with van der Waals surface area (Å²) in [6.07, 6.45) is 1.25. The monoisotopic (exact) mass is 151 g/mol. The maximum atomic E-state index is 8.52. The molecule has 0 fully saturated rings. The summed E-state index contributed by atoms with van der Waals surface area (Å²) < 4.78 is 4.99. The van der Waals surface area contributed by atoms with Gasteiger partial charge in [0.2, 0.25) is 0 Å². The van der Waals surface area contributed by atoms with Crippen molar-refractivity contribution in [3.63, 3.8) is 0 Å². The van der Waals surface area contributed by atoms with Gasteiger partial charge in [-0.25, -0.2) is 0 Å². The van der Waals surface area contributed by atoms with Gasteiger partial charge >= 0.3 is 0 Å². The summed E-state index contributed by atoms with van der Waals surface area (Å²) in [5.74, 6) is 0. The molecule has 9 heavy (non-hydrogen) atoms. The van der Waals surface area contributed by atoms with Crippen molar-refractivity contribution in [1.82, 2.24) is 0 Å². The van der Waals surface area contributed by atoms with Gasteiger partial charge in [0.1, 0.15) is 5.56 Å². The van der Waals surface area contributed by atoms with Crippen molar-refractivity contribution in [1.29, 1.82) is 0 Å². The molecule has 0 aliphatic heterocycles. The van der Waals surface area contributed by atoms with Crippen LogP contribution in [0.25, 0.3) is 0 Å². The van der Waals surface area contributed by atoms with Crippen molar-refractivity contribution >= 4 is 11.6 Å². The Morgan fingerprint density at radius 1 is 1.56 bits per heavy atom. The molecule has 1 N–H and O–H groups in total. The fourth-order valence-electron chi connectivity index (χ4n) is 0.385. The van der Waals surface area contributed by atoms with Gasteiger partial charge in [0.25, 0.3) is 0 Å². The highest BCUT2D eigenvalue weighted by molar-refractivity contribution is 6.19.